The molecule has 3 heteroatoms. The summed E-state index contributed by atoms with van der Waals surface area (Å²) in [5, 5.41) is 3.01. The quantitative estimate of drug-likeness (QED) is 0.680. The zero-order valence-electron chi connectivity index (χ0n) is 10.6. The highest BCUT2D eigenvalue weighted by Crippen LogP contribution is 2.23. The van der Waals surface area contributed by atoms with Crippen molar-refractivity contribution in [3.05, 3.63) is 0 Å². The monoisotopic (exact) mass is 214 g/mol. The van der Waals surface area contributed by atoms with Gasteiger partial charge in [-0.15, -0.1) is 0 Å². The number of rotatable bonds is 7. The Kier molecular flexibility index (Phi) is 6.57. The van der Waals surface area contributed by atoms with E-state index in [1.54, 1.807) is 0 Å². The molecule has 0 saturated heterocycles. The Bertz CT molecular complexity index is 180. The minimum Gasteiger partial charge on any atom is -0.355 e. The summed E-state index contributed by atoms with van der Waals surface area (Å²) in [5.74, 6) is 0.256. The fraction of sp³-hybridized carbons (Fsp3) is 0.917. The van der Waals surface area contributed by atoms with Crippen molar-refractivity contribution in [2.75, 3.05) is 13.1 Å². The van der Waals surface area contributed by atoms with E-state index in [0.717, 1.165) is 19.3 Å². The lowest BCUT2D eigenvalue weighted by molar-refractivity contribution is -0.125. The van der Waals surface area contributed by atoms with Crippen molar-refractivity contribution in [2.45, 2.75) is 47.0 Å². The molecule has 0 rings (SSSR count). The van der Waals surface area contributed by atoms with Crippen LogP contribution in [-0.4, -0.2) is 19.0 Å². The van der Waals surface area contributed by atoms with E-state index in [2.05, 4.69) is 19.2 Å². The highest BCUT2D eigenvalue weighted by atomic mass is 16.1. The van der Waals surface area contributed by atoms with Crippen LogP contribution in [-0.2, 0) is 4.79 Å². The van der Waals surface area contributed by atoms with Gasteiger partial charge >= 0.3 is 0 Å². The van der Waals surface area contributed by atoms with Crippen molar-refractivity contribution in [3.63, 3.8) is 0 Å². The van der Waals surface area contributed by atoms with E-state index >= 15 is 0 Å². The van der Waals surface area contributed by atoms with Gasteiger partial charge in [0.15, 0.2) is 0 Å². The second-order valence-corrected chi connectivity index (χ2v) is 4.44. The molecule has 1 amide bonds. The van der Waals surface area contributed by atoms with Gasteiger partial charge in [0, 0.05) is 12.5 Å². The second-order valence-electron chi connectivity index (χ2n) is 4.44. The van der Waals surface area contributed by atoms with Crippen molar-refractivity contribution in [3.8, 4) is 0 Å². The maximum atomic E-state index is 11.6. The summed E-state index contributed by atoms with van der Waals surface area (Å²) < 4.78 is 0. The van der Waals surface area contributed by atoms with Gasteiger partial charge in [0.1, 0.15) is 0 Å². The first-order valence-electron chi connectivity index (χ1n) is 6.03. The van der Waals surface area contributed by atoms with E-state index in [9.17, 15) is 4.79 Å². The van der Waals surface area contributed by atoms with E-state index in [-0.39, 0.29) is 17.2 Å². The molecule has 0 heterocycles. The Morgan fingerprint density at radius 2 is 1.87 bits per heavy atom. The van der Waals surface area contributed by atoms with Crippen LogP contribution >= 0.6 is 0 Å². The molecule has 15 heavy (non-hydrogen) atoms. The molecule has 1 unspecified atom stereocenters. The zero-order valence-corrected chi connectivity index (χ0v) is 10.6. The summed E-state index contributed by atoms with van der Waals surface area (Å²) in [6.45, 7) is 9.59. The first-order chi connectivity index (χ1) is 7.05. The molecule has 3 N–H and O–H groups in total. The summed E-state index contributed by atoms with van der Waals surface area (Å²) in [6, 6.07) is 0. The standard InChI is InChI=1S/C12H26N2O/c1-5-10(4)11(15)14-9-12(6-2,7-3)8-13/h10H,5-9,13H2,1-4H3,(H,14,15). The van der Waals surface area contributed by atoms with Gasteiger partial charge in [-0.1, -0.05) is 27.7 Å². The van der Waals surface area contributed by atoms with Crippen LogP contribution in [0.2, 0.25) is 0 Å². The lowest BCUT2D eigenvalue weighted by Crippen LogP contribution is -2.43. The van der Waals surface area contributed by atoms with Crippen molar-refractivity contribution in [2.24, 2.45) is 17.1 Å². The number of carbonyl (C=O) groups is 1. The summed E-state index contributed by atoms with van der Waals surface area (Å²) >= 11 is 0. The van der Waals surface area contributed by atoms with Crippen molar-refractivity contribution < 1.29 is 4.79 Å². The molecule has 0 aliphatic rings. The van der Waals surface area contributed by atoms with Crippen LogP contribution in [0.3, 0.4) is 0 Å². The number of hydrogen-bond donors (Lipinski definition) is 2. The number of amides is 1. The lowest BCUT2D eigenvalue weighted by Gasteiger charge is -2.30. The third-order valence-electron chi connectivity index (χ3n) is 3.63. The van der Waals surface area contributed by atoms with Gasteiger partial charge in [-0.25, -0.2) is 0 Å². The number of hydrogen-bond acceptors (Lipinski definition) is 2. The molecule has 0 saturated carbocycles. The van der Waals surface area contributed by atoms with Crippen molar-refractivity contribution in [1.29, 1.82) is 0 Å². The highest BCUT2D eigenvalue weighted by molar-refractivity contribution is 5.78. The van der Waals surface area contributed by atoms with Crippen LogP contribution in [0.1, 0.15) is 47.0 Å². The Balaban J connectivity index is 4.16. The SMILES string of the molecule is CCC(C)C(=O)NCC(CC)(CC)CN. The minimum atomic E-state index is 0.0864. The largest absolute Gasteiger partial charge is 0.355 e. The van der Waals surface area contributed by atoms with Crippen LogP contribution in [0, 0.1) is 11.3 Å². The molecule has 0 aromatic rings. The summed E-state index contributed by atoms with van der Waals surface area (Å²) in [7, 11) is 0. The van der Waals surface area contributed by atoms with Gasteiger partial charge in [0.05, 0.1) is 0 Å². The Hall–Kier alpha value is -0.570. The average Bonchev–Trinajstić information content (AvgIpc) is 2.30. The molecule has 0 aromatic carbocycles. The van der Waals surface area contributed by atoms with Crippen molar-refractivity contribution >= 4 is 5.91 Å². The number of nitrogens with one attached hydrogen (secondary N) is 1. The normalized spacial score (nSPS) is 13.7. The van der Waals surface area contributed by atoms with E-state index in [1.807, 2.05) is 13.8 Å². The van der Waals surface area contributed by atoms with E-state index in [0.29, 0.717) is 13.1 Å². The fourth-order valence-corrected chi connectivity index (χ4v) is 1.50. The van der Waals surface area contributed by atoms with E-state index in [4.69, 9.17) is 5.73 Å². The molecule has 1 atom stereocenters. The molecule has 0 aliphatic carbocycles. The van der Waals surface area contributed by atoms with Gasteiger partial charge in [0.25, 0.3) is 0 Å². The zero-order chi connectivity index (χ0) is 11.9. The Morgan fingerprint density at radius 3 is 2.20 bits per heavy atom. The fourth-order valence-electron chi connectivity index (χ4n) is 1.50. The molecule has 90 valence electrons. The number of nitrogens with two attached hydrogens (primary N) is 1. The molecular weight excluding hydrogens is 188 g/mol. The van der Waals surface area contributed by atoms with Crippen LogP contribution < -0.4 is 11.1 Å². The van der Waals surface area contributed by atoms with Crippen LogP contribution in [0.25, 0.3) is 0 Å². The predicted octanol–water partition coefficient (Wildman–Crippen LogP) is 1.91. The maximum Gasteiger partial charge on any atom is 0.222 e. The molecule has 0 bridgehead atoms. The van der Waals surface area contributed by atoms with Gasteiger partial charge in [0.2, 0.25) is 5.91 Å². The Morgan fingerprint density at radius 1 is 1.33 bits per heavy atom. The van der Waals surface area contributed by atoms with Crippen LogP contribution in [0.15, 0.2) is 0 Å². The molecule has 0 spiro atoms. The molecule has 0 aliphatic heterocycles. The summed E-state index contributed by atoms with van der Waals surface area (Å²) in [4.78, 5) is 11.6. The molecular formula is C12H26N2O. The van der Waals surface area contributed by atoms with E-state index in [1.165, 1.54) is 0 Å². The van der Waals surface area contributed by atoms with Gasteiger partial charge in [-0.3, -0.25) is 4.79 Å². The smallest absolute Gasteiger partial charge is 0.222 e. The van der Waals surface area contributed by atoms with Gasteiger partial charge in [-0.2, -0.15) is 0 Å². The average molecular weight is 214 g/mol. The highest BCUT2D eigenvalue weighted by Gasteiger charge is 2.25. The second kappa shape index (κ2) is 6.83. The van der Waals surface area contributed by atoms with Crippen LogP contribution in [0.5, 0.6) is 0 Å². The third-order valence-corrected chi connectivity index (χ3v) is 3.63. The van der Waals surface area contributed by atoms with Gasteiger partial charge in [-0.05, 0) is 31.2 Å². The molecule has 0 radical (unpaired) electrons. The summed E-state index contributed by atoms with van der Waals surface area (Å²) in [5.41, 5.74) is 5.86. The van der Waals surface area contributed by atoms with Gasteiger partial charge < -0.3 is 11.1 Å². The summed E-state index contributed by atoms with van der Waals surface area (Å²) in [6.07, 6.45) is 2.92. The third kappa shape index (κ3) is 4.20. The lowest BCUT2D eigenvalue weighted by atomic mass is 9.82. The predicted molar refractivity (Wildman–Crippen MR) is 64.5 cm³/mol. The maximum absolute atomic E-state index is 11.6. The first-order valence-corrected chi connectivity index (χ1v) is 6.03. The molecule has 0 aromatic heterocycles. The first kappa shape index (κ1) is 14.4. The molecule has 3 nitrogen and oxygen atoms in total. The van der Waals surface area contributed by atoms with Crippen molar-refractivity contribution in [1.82, 2.24) is 5.32 Å². The topological polar surface area (TPSA) is 55.1 Å². The number of carbonyl (C=O) groups excluding carboxylic acids is 1. The minimum absolute atomic E-state index is 0.0864. The van der Waals surface area contributed by atoms with Crippen LogP contribution in [0.4, 0.5) is 0 Å². The molecule has 0 fully saturated rings. The Labute approximate surface area is 93.8 Å². The van der Waals surface area contributed by atoms with E-state index < -0.39 is 0 Å².